The Balaban J connectivity index is 2.11. The summed E-state index contributed by atoms with van der Waals surface area (Å²) < 4.78 is 4.29. The lowest BCUT2D eigenvalue weighted by Gasteiger charge is -2.39. The molecule has 2 bridgehead atoms. The quantitative estimate of drug-likeness (QED) is 0.560. The molecule has 170 valence electrons. The molecule has 0 aromatic carbocycles. The minimum Gasteiger partial charge on any atom is -0.466 e. The van der Waals surface area contributed by atoms with Crippen LogP contribution in [0.4, 0.5) is 0 Å². The third kappa shape index (κ3) is 3.34. The molecule has 3 fully saturated rings. The van der Waals surface area contributed by atoms with Crippen LogP contribution in [0, 0.1) is 17.8 Å². The number of nitrogens with zero attached hydrogens (tertiary/aromatic N) is 1. The van der Waals surface area contributed by atoms with Crippen LogP contribution in [0.3, 0.4) is 0 Å². The van der Waals surface area contributed by atoms with E-state index in [1.165, 1.54) is 0 Å². The van der Waals surface area contributed by atoms with E-state index in [-0.39, 0.29) is 43.0 Å². The highest BCUT2D eigenvalue weighted by atomic mass is 32.2. The Morgan fingerprint density at radius 2 is 1.97 bits per heavy atom. The van der Waals surface area contributed by atoms with Gasteiger partial charge in [0.1, 0.15) is 6.04 Å². The van der Waals surface area contributed by atoms with Gasteiger partial charge in [-0.3, -0.25) is 14.4 Å². The summed E-state index contributed by atoms with van der Waals surface area (Å²) in [6, 6.07) is -1.23. The molecule has 1 spiro atoms. The molecule has 3 aliphatic heterocycles. The van der Waals surface area contributed by atoms with Gasteiger partial charge in [0, 0.05) is 10.8 Å². The number of hydrogen-bond donors (Lipinski definition) is 2. The smallest absolute Gasteiger partial charge is 0.311 e. The van der Waals surface area contributed by atoms with Crippen LogP contribution in [0.15, 0.2) is 0 Å². The number of likely N-dealkylation sites (tertiary alicyclic amines) is 1. The highest BCUT2D eigenvalue weighted by molar-refractivity contribution is 8.02. The SMILES string of the molecule is CCOC(=O)[C@@H]1[C@H]2C(=O)N([C@@H](CO)[C@@H](C)CC)C(C(=O)NC(C)C)C23CC[C@@]1(C)S3. The maximum Gasteiger partial charge on any atom is 0.311 e. The van der Waals surface area contributed by atoms with Gasteiger partial charge in [0.15, 0.2) is 0 Å². The van der Waals surface area contributed by atoms with Gasteiger partial charge in [0.2, 0.25) is 11.8 Å². The van der Waals surface area contributed by atoms with Gasteiger partial charge in [-0.1, -0.05) is 20.3 Å². The maximum atomic E-state index is 13.9. The minimum atomic E-state index is -0.699. The maximum absolute atomic E-state index is 13.9. The molecule has 8 heteroatoms. The fraction of sp³-hybridized carbons (Fsp3) is 0.864. The first-order valence-electron chi connectivity index (χ1n) is 11.2. The first kappa shape index (κ1) is 23.4. The lowest BCUT2D eigenvalue weighted by Crippen LogP contribution is -2.58. The van der Waals surface area contributed by atoms with Crippen LogP contribution in [0.1, 0.15) is 60.8 Å². The number of carbonyl (C=O) groups is 3. The van der Waals surface area contributed by atoms with Crippen molar-refractivity contribution < 1.29 is 24.2 Å². The molecule has 3 rings (SSSR count). The second-order valence-electron chi connectivity index (χ2n) is 9.52. The summed E-state index contributed by atoms with van der Waals surface area (Å²) in [5, 5.41) is 13.2. The molecule has 2 amide bonds. The van der Waals surface area contributed by atoms with Crippen LogP contribution in [0.5, 0.6) is 0 Å². The summed E-state index contributed by atoms with van der Waals surface area (Å²) in [5.41, 5.74) is 0. The number of esters is 1. The van der Waals surface area contributed by atoms with Gasteiger partial charge in [0.25, 0.3) is 0 Å². The van der Waals surface area contributed by atoms with Crippen molar-refractivity contribution in [3.8, 4) is 0 Å². The number of nitrogens with one attached hydrogen (secondary N) is 1. The molecule has 0 aliphatic carbocycles. The van der Waals surface area contributed by atoms with Crippen molar-refractivity contribution in [1.29, 1.82) is 0 Å². The van der Waals surface area contributed by atoms with Crippen LogP contribution in [-0.4, -0.2) is 68.6 Å². The normalized spacial score (nSPS) is 36.7. The second kappa shape index (κ2) is 8.34. The third-order valence-electron chi connectivity index (χ3n) is 7.28. The van der Waals surface area contributed by atoms with Crippen molar-refractivity contribution in [1.82, 2.24) is 10.2 Å². The van der Waals surface area contributed by atoms with E-state index in [1.54, 1.807) is 23.6 Å². The first-order valence-corrected chi connectivity index (χ1v) is 12.0. The molecule has 30 heavy (non-hydrogen) atoms. The molecule has 0 saturated carbocycles. The summed E-state index contributed by atoms with van der Waals surface area (Å²) in [4.78, 5) is 41.9. The standard InChI is InChI=1S/C22H36N2O5S/c1-7-13(5)14(11-25)24-17(18(26)23-12(3)4)22-10-9-21(6,30-22)16(15(22)19(24)27)20(28)29-8-2/h12-17,25H,7-11H2,1-6H3,(H,23,26)/t13-,14-,15-,16-,17?,21+,22?/m0/s1. The zero-order chi connectivity index (χ0) is 22.4. The molecule has 7 nitrogen and oxygen atoms in total. The average Bonchev–Trinajstić information content (AvgIpc) is 3.23. The molecule has 7 atom stereocenters. The van der Waals surface area contributed by atoms with E-state index in [0.29, 0.717) is 6.42 Å². The van der Waals surface area contributed by atoms with Crippen molar-refractivity contribution in [2.45, 2.75) is 88.4 Å². The summed E-state index contributed by atoms with van der Waals surface area (Å²) in [7, 11) is 0. The number of amides is 2. The number of fused-ring (bicyclic) bond motifs is 1. The number of rotatable bonds is 8. The van der Waals surface area contributed by atoms with Gasteiger partial charge in [-0.05, 0) is 46.5 Å². The fourth-order valence-electron chi connectivity index (χ4n) is 5.79. The lowest BCUT2D eigenvalue weighted by atomic mass is 9.66. The Labute approximate surface area is 183 Å². The van der Waals surface area contributed by atoms with Crippen LogP contribution in [-0.2, 0) is 19.1 Å². The number of aliphatic hydroxyl groups is 1. The number of aliphatic hydroxyl groups excluding tert-OH is 1. The van der Waals surface area contributed by atoms with E-state index in [2.05, 4.69) is 5.32 Å². The van der Waals surface area contributed by atoms with Gasteiger partial charge in [0.05, 0.1) is 35.8 Å². The molecular weight excluding hydrogens is 404 g/mol. The van der Waals surface area contributed by atoms with E-state index in [9.17, 15) is 19.5 Å². The fourth-order valence-corrected chi connectivity index (χ4v) is 8.12. The van der Waals surface area contributed by atoms with E-state index in [1.807, 2.05) is 34.6 Å². The number of thioether (sulfide) groups is 1. The Bertz CT molecular complexity index is 716. The summed E-state index contributed by atoms with van der Waals surface area (Å²) in [5.74, 6) is -1.86. The molecule has 2 N–H and O–H groups in total. The lowest BCUT2D eigenvalue weighted by molar-refractivity contribution is -0.155. The van der Waals surface area contributed by atoms with Crippen molar-refractivity contribution in [2.24, 2.45) is 17.8 Å². The van der Waals surface area contributed by atoms with Gasteiger partial charge in [-0.2, -0.15) is 0 Å². The van der Waals surface area contributed by atoms with Crippen molar-refractivity contribution in [3.05, 3.63) is 0 Å². The largest absolute Gasteiger partial charge is 0.466 e. The van der Waals surface area contributed by atoms with Gasteiger partial charge in [-0.15, -0.1) is 11.8 Å². The Morgan fingerprint density at radius 1 is 1.30 bits per heavy atom. The van der Waals surface area contributed by atoms with E-state index >= 15 is 0 Å². The van der Waals surface area contributed by atoms with Crippen LogP contribution in [0.25, 0.3) is 0 Å². The van der Waals surface area contributed by atoms with Crippen molar-refractivity contribution in [3.63, 3.8) is 0 Å². The Hall–Kier alpha value is -1.28. The Morgan fingerprint density at radius 3 is 2.50 bits per heavy atom. The van der Waals surface area contributed by atoms with Crippen LogP contribution in [0.2, 0.25) is 0 Å². The number of carbonyl (C=O) groups excluding carboxylic acids is 3. The Kier molecular flexibility index (Phi) is 6.50. The van der Waals surface area contributed by atoms with Crippen molar-refractivity contribution >= 4 is 29.5 Å². The predicted molar refractivity (Wildman–Crippen MR) is 116 cm³/mol. The summed E-state index contributed by atoms with van der Waals surface area (Å²) >= 11 is 1.63. The summed E-state index contributed by atoms with van der Waals surface area (Å²) in [6.07, 6.45) is 2.24. The van der Waals surface area contributed by atoms with Gasteiger partial charge >= 0.3 is 5.97 Å². The monoisotopic (exact) mass is 440 g/mol. The third-order valence-corrected chi connectivity index (χ3v) is 9.27. The molecule has 0 aromatic heterocycles. The van der Waals surface area contributed by atoms with Crippen molar-refractivity contribution in [2.75, 3.05) is 13.2 Å². The topological polar surface area (TPSA) is 95.9 Å². The highest BCUT2D eigenvalue weighted by Gasteiger charge is 2.78. The minimum absolute atomic E-state index is 0.0300. The second-order valence-corrected chi connectivity index (χ2v) is 11.4. The number of ether oxygens (including phenoxy) is 1. The molecule has 3 heterocycles. The van der Waals surface area contributed by atoms with Gasteiger partial charge < -0.3 is 20.1 Å². The molecule has 2 unspecified atom stereocenters. The molecule has 3 saturated heterocycles. The van der Waals surface area contributed by atoms with E-state index < -0.39 is 33.4 Å². The number of hydrogen-bond acceptors (Lipinski definition) is 6. The average molecular weight is 441 g/mol. The van der Waals surface area contributed by atoms with Crippen LogP contribution >= 0.6 is 11.8 Å². The molecular formula is C22H36N2O5S. The zero-order valence-electron chi connectivity index (χ0n) is 18.9. The van der Waals surface area contributed by atoms with Gasteiger partial charge in [-0.25, -0.2) is 0 Å². The molecule has 3 aliphatic rings. The first-order chi connectivity index (χ1) is 14.1. The highest BCUT2D eigenvalue weighted by Crippen LogP contribution is 2.71. The molecule has 0 aromatic rings. The summed E-state index contributed by atoms with van der Waals surface area (Å²) in [6.45, 7) is 11.6. The van der Waals surface area contributed by atoms with E-state index in [0.717, 1.165) is 12.8 Å². The van der Waals surface area contributed by atoms with Crippen LogP contribution < -0.4 is 5.32 Å². The predicted octanol–water partition coefficient (Wildman–Crippen LogP) is 1.96. The molecule has 0 radical (unpaired) electrons. The zero-order valence-corrected chi connectivity index (χ0v) is 19.8. The van der Waals surface area contributed by atoms with E-state index in [4.69, 9.17) is 4.74 Å².